The van der Waals surface area contributed by atoms with Crippen LogP contribution in [-0.2, 0) is 0 Å². The Kier molecular flexibility index (Phi) is 5.04. The highest BCUT2D eigenvalue weighted by Gasteiger charge is 2.33. The maximum atomic E-state index is 12.6. The van der Waals surface area contributed by atoms with E-state index in [1.54, 1.807) is 13.8 Å². The highest BCUT2D eigenvalue weighted by Crippen LogP contribution is 2.29. The van der Waals surface area contributed by atoms with Gasteiger partial charge in [-0.3, -0.25) is 0 Å². The van der Waals surface area contributed by atoms with Crippen molar-refractivity contribution >= 4 is 34.5 Å². The van der Waals surface area contributed by atoms with Crippen molar-refractivity contribution in [3.8, 4) is 0 Å². The molecule has 2 nitrogen and oxygen atoms in total. The lowest BCUT2D eigenvalue weighted by atomic mass is 10.1. The molecule has 0 radical (unpaired) electrons. The van der Waals surface area contributed by atoms with E-state index in [0.717, 1.165) is 0 Å². The van der Waals surface area contributed by atoms with Crippen molar-refractivity contribution in [2.24, 2.45) is 5.73 Å². The normalized spacial score (nSPS) is 11.7. The van der Waals surface area contributed by atoms with Crippen molar-refractivity contribution in [2.45, 2.75) is 26.1 Å². The summed E-state index contributed by atoms with van der Waals surface area (Å²) in [5.41, 5.74) is 6.23. The molecule has 1 aromatic carbocycles. The van der Waals surface area contributed by atoms with Crippen molar-refractivity contribution in [3.63, 3.8) is 0 Å². The summed E-state index contributed by atoms with van der Waals surface area (Å²) in [6.45, 7) is 2.27. The first kappa shape index (κ1) is 16.0. The third-order valence-corrected chi connectivity index (χ3v) is 2.96. The smallest absolute Gasteiger partial charge is 0.389 e. The third kappa shape index (κ3) is 4.54. The Bertz CT molecular complexity index is 475. The van der Waals surface area contributed by atoms with E-state index in [9.17, 15) is 13.2 Å². The van der Waals surface area contributed by atoms with Crippen LogP contribution in [-0.4, -0.2) is 23.8 Å². The van der Waals surface area contributed by atoms with Gasteiger partial charge < -0.3 is 10.6 Å². The molecule has 0 unspecified atom stereocenters. The summed E-state index contributed by atoms with van der Waals surface area (Å²) >= 11 is 10.7. The van der Waals surface area contributed by atoms with E-state index in [1.165, 1.54) is 23.1 Å². The standard InChI is InChI=1S/C12H14ClF3N2S/c1-7(2)18(6-12(14,15)16)10-4-3-8(13)5-9(10)11(17)19/h3-5,7H,6H2,1-2H3,(H2,17,19). The minimum absolute atomic E-state index is 0.0188. The lowest BCUT2D eigenvalue weighted by Gasteiger charge is -2.31. The zero-order valence-corrected chi connectivity index (χ0v) is 12.0. The van der Waals surface area contributed by atoms with E-state index in [2.05, 4.69) is 0 Å². The molecule has 0 aromatic heterocycles. The van der Waals surface area contributed by atoms with Gasteiger partial charge in [-0.15, -0.1) is 0 Å². The second kappa shape index (κ2) is 5.96. The average molecular weight is 311 g/mol. The number of benzene rings is 1. The molecule has 0 amide bonds. The van der Waals surface area contributed by atoms with E-state index in [-0.39, 0.29) is 11.0 Å². The first-order valence-electron chi connectivity index (χ1n) is 5.54. The maximum absolute atomic E-state index is 12.6. The van der Waals surface area contributed by atoms with E-state index in [1.807, 2.05) is 0 Å². The van der Waals surface area contributed by atoms with Crippen LogP contribution in [0.1, 0.15) is 19.4 Å². The maximum Gasteiger partial charge on any atom is 0.405 e. The van der Waals surface area contributed by atoms with Gasteiger partial charge in [0.2, 0.25) is 0 Å². The topological polar surface area (TPSA) is 29.3 Å². The first-order valence-corrected chi connectivity index (χ1v) is 6.33. The molecule has 0 atom stereocenters. The van der Waals surface area contributed by atoms with Crippen LogP contribution in [0.3, 0.4) is 0 Å². The Morgan fingerprint density at radius 2 is 2.00 bits per heavy atom. The zero-order valence-electron chi connectivity index (χ0n) is 10.5. The molecule has 0 fully saturated rings. The lowest BCUT2D eigenvalue weighted by Crippen LogP contribution is -2.40. The van der Waals surface area contributed by atoms with Gasteiger partial charge in [0.05, 0.1) is 0 Å². The molecule has 0 bridgehead atoms. The van der Waals surface area contributed by atoms with Gasteiger partial charge in [-0.1, -0.05) is 23.8 Å². The van der Waals surface area contributed by atoms with Crippen LogP contribution in [0.4, 0.5) is 18.9 Å². The molecule has 7 heteroatoms. The third-order valence-electron chi connectivity index (χ3n) is 2.51. The predicted octanol–water partition coefficient (Wildman–Crippen LogP) is 3.75. The van der Waals surface area contributed by atoms with Crippen LogP contribution in [0.2, 0.25) is 5.02 Å². The largest absolute Gasteiger partial charge is 0.405 e. The van der Waals surface area contributed by atoms with Crippen molar-refractivity contribution in [3.05, 3.63) is 28.8 Å². The average Bonchev–Trinajstić information content (AvgIpc) is 2.24. The highest BCUT2D eigenvalue weighted by molar-refractivity contribution is 7.80. The number of nitrogens with two attached hydrogens (primary N) is 1. The minimum atomic E-state index is -4.31. The monoisotopic (exact) mass is 310 g/mol. The van der Waals surface area contributed by atoms with E-state index in [4.69, 9.17) is 29.6 Å². The Morgan fingerprint density at radius 1 is 1.42 bits per heavy atom. The van der Waals surface area contributed by atoms with Gasteiger partial charge in [-0.25, -0.2) is 0 Å². The van der Waals surface area contributed by atoms with Crippen LogP contribution >= 0.6 is 23.8 Å². The van der Waals surface area contributed by atoms with Crippen LogP contribution < -0.4 is 10.6 Å². The molecule has 19 heavy (non-hydrogen) atoms. The molecule has 1 rings (SSSR count). The van der Waals surface area contributed by atoms with E-state index < -0.39 is 12.7 Å². The van der Waals surface area contributed by atoms with Crippen molar-refractivity contribution in [1.82, 2.24) is 0 Å². The number of alkyl halides is 3. The van der Waals surface area contributed by atoms with E-state index >= 15 is 0 Å². The second-order valence-electron chi connectivity index (χ2n) is 4.36. The Morgan fingerprint density at radius 3 is 2.42 bits per heavy atom. The van der Waals surface area contributed by atoms with Gasteiger partial charge in [0, 0.05) is 22.3 Å². The summed E-state index contributed by atoms with van der Waals surface area (Å²) in [4.78, 5) is 1.22. The number of anilines is 1. The van der Waals surface area contributed by atoms with Crippen molar-refractivity contribution in [1.29, 1.82) is 0 Å². The molecule has 1 aromatic rings. The molecule has 0 spiro atoms. The Balaban J connectivity index is 3.27. The van der Waals surface area contributed by atoms with E-state index in [0.29, 0.717) is 16.3 Å². The fourth-order valence-corrected chi connectivity index (χ4v) is 2.03. The van der Waals surface area contributed by atoms with Crippen LogP contribution in [0.15, 0.2) is 18.2 Å². The quantitative estimate of drug-likeness (QED) is 0.859. The summed E-state index contributed by atoms with van der Waals surface area (Å²) in [6, 6.07) is 4.15. The minimum Gasteiger partial charge on any atom is -0.389 e. The fraction of sp³-hybridized carbons (Fsp3) is 0.417. The lowest BCUT2D eigenvalue weighted by molar-refractivity contribution is -0.120. The van der Waals surface area contributed by atoms with Gasteiger partial charge in [0.15, 0.2) is 0 Å². The van der Waals surface area contributed by atoms with Gasteiger partial charge in [-0.05, 0) is 32.0 Å². The highest BCUT2D eigenvalue weighted by atomic mass is 35.5. The molecule has 0 aliphatic heterocycles. The molecule has 0 aliphatic carbocycles. The first-order chi connectivity index (χ1) is 8.61. The summed E-state index contributed by atoms with van der Waals surface area (Å²) in [5, 5.41) is 0.377. The SMILES string of the molecule is CC(C)N(CC(F)(F)F)c1ccc(Cl)cc1C(N)=S. The molecule has 106 valence electrons. The summed E-state index contributed by atoms with van der Waals surface area (Å²) < 4.78 is 37.9. The number of hydrogen-bond donors (Lipinski definition) is 1. The molecule has 0 saturated heterocycles. The molecular weight excluding hydrogens is 297 g/mol. The van der Waals surface area contributed by atoms with Crippen LogP contribution in [0.5, 0.6) is 0 Å². The predicted molar refractivity (Wildman–Crippen MR) is 75.9 cm³/mol. The number of halogens is 4. The summed E-state index contributed by atoms with van der Waals surface area (Å²) in [6.07, 6.45) is -4.31. The zero-order chi connectivity index (χ0) is 14.8. The van der Waals surface area contributed by atoms with Crippen LogP contribution in [0, 0.1) is 0 Å². The Labute approximate surface area is 120 Å². The molecule has 0 saturated carbocycles. The number of hydrogen-bond acceptors (Lipinski definition) is 2. The Hall–Kier alpha value is -1.01. The fourth-order valence-electron chi connectivity index (χ4n) is 1.70. The van der Waals surface area contributed by atoms with Gasteiger partial charge >= 0.3 is 6.18 Å². The van der Waals surface area contributed by atoms with Crippen molar-refractivity contribution < 1.29 is 13.2 Å². The van der Waals surface area contributed by atoms with Crippen LogP contribution in [0.25, 0.3) is 0 Å². The number of rotatable bonds is 4. The van der Waals surface area contributed by atoms with Gasteiger partial charge in [0.1, 0.15) is 11.5 Å². The van der Waals surface area contributed by atoms with Gasteiger partial charge in [-0.2, -0.15) is 13.2 Å². The molecular formula is C12H14ClF3N2S. The summed E-state index contributed by atoms with van der Waals surface area (Å²) in [5.74, 6) is 0. The number of nitrogens with zero attached hydrogens (tertiary/aromatic N) is 1. The number of thiocarbonyl (C=S) groups is 1. The molecule has 2 N–H and O–H groups in total. The second-order valence-corrected chi connectivity index (χ2v) is 5.24. The summed E-state index contributed by atoms with van der Waals surface area (Å²) in [7, 11) is 0. The molecule has 0 aliphatic rings. The van der Waals surface area contributed by atoms with Crippen molar-refractivity contribution in [2.75, 3.05) is 11.4 Å². The van der Waals surface area contributed by atoms with Gasteiger partial charge in [0.25, 0.3) is 0 Å². The molecule has 0 heterocycles.